The lowest BCUT2D eigenvalue weighted by Gasteiger charge is -2.38. The number of likely N-dealkylation sites (N-methyl/N-ethyl adjacent to an activating group) is 1. The standard InChI is InChI=1S/C37H46N4O5S/c1-4-41(34(42)32(39-35(43)36(2,3)38)26-46-25-27-14-8-5-9-15-27)24-31-33(47(44,45)40-37(31)22-12-7-13-23-37)30-20-18-29(19-21-30)28-16-10-6-11-17-28/h5-6,8-11,14-21,32,40H,4,7,12-13,22-26,38H2,1-3H3,(H,39,43)/t32-/m1/s1. The van der Waals surface area contributed by atoms with Crippen molar-refractivity contribution in [3.8, 4) is 11.1 Å². The van der Waals surface area contributed by atoms with E-state index in [9.17, 15) is 18.0 Å². The van der Waals surface area contributed by atoms with Crippen LogP contribution in [0.2, 0.25) is 0 Å². The fraction of sp³-hybridized carbons (Fsp3) is 0.405. The number of hydrogen-bond donors (Lipinski definition) is 3. The topological polar surface area (TPSA) is 131 Å². The molecule has 0 radical (unpaired) electrons. The molecule has 1 heterocycles. The average Bonchev–Trinajstić information content (AvgIpc) is 3.27. The van der Waals surface area contributed by atoms with Crippen LogP contribution in [0.25, 0.3) is 16.0 Å². The molecule has 0 unspecified atom stereocenters. The molecule has 1 aliphatic carbocycles. The Morgan fingerprint density at radius 2 is 1.49 bits per heavy atom. The maximum absolute atomic E-state index is 14.2. The summed E-state index contributed by atoms with van der Waals surface area (Å²) in [7, 11) is -3.88. The van der Waals surface area contributed by atoms with Crippen LogP contribution in [0, 0.1) is 0 Å². The Kier molecular flexibility index (Phi) is 10.7. The van der Waals surface area contributed by atoms with Crippen molar-refractivity contribution in [2.75, 3.05) is 19.7 Å². The van der Waals surface area contributed by atoms with Crippen molar-refractivity contribution < 1.29 is 22.7 Å². The summed E-state index contributed by atoms with van der Waals surface area (Å²) in [6.07, 6.45) is 4.09. The number of nitrogens with one attached hydrogen (secondary N) is 2. The summed E-state index contributed by atoms with van der Waals surface area (Å²) in [5.41, 5.74) is 8.31. The highest BCUT2D eigenvalue weighted by Crippen LogP contribution is 2.46. The molecule has 47 heavy (non-hydrogen) atoms. The first-order valence-electron chi connectivity index (χ1n) is 16.4. The minimum atomic E-state index is -3.88. The molecule has 1 saturated carbocycles. The van der Waals surface area contributed by atoms with Crippen LogP contribution in [0.3, 0.4) is 0 Å². The number of amides is 2. The van der Waals surface area contributed by atoms with Gasteiger partial charge in [0.2, 0.25) is 21.8 Å². The molecule has 1 aliphatic heterocycles. The van der Waals surface area contributed by atoms with Gasteiger partial charge in [-0.05, 0) is 61.4 Å². The van der Waals surface area contributed by atoms with E-state index in [-0.39, 0.29) is 30.6 Å². The lowest BCUT2D eigenvalue weighted by molar-refractivity contribution is -0.139. The Bertz CT molecular complexity index is 1680. The normalized spacial score (nSPS) is 17.8. The number of nitrogens with zero attached hydrogens (tertiary/aromatic N) is 1. The zero-order valence-electron chi connectivity index (χ0n) is 27.5. The van der Waals surface area contributed by atoms with E-state index in [0.717, 1.165) is 36.0 Å². The zero-order chi connectivity index (χ0) is 33.7. The highest BCUT2D eigenvalue weighted by Gasteiger charge is 2.50. The highest BCUT2D eigenvalue weighted by atomic mass is 32.2. The van der Waals surface area contributed by atoms with Crippen LogP contribution in [0.1, 0.15) is 64.0 Å². The maximum atomic E-state index is 14.2. The van der Waals surface area contributed by atoms with Gasteiger partial charge in [-0.1, -0.05) is 104 Å². The number of benzene rings is 3. The zero-order valence-corrected chi connectivity index (χ0v) is 28.3. The quantitative estimate of drug-likeness (QED) is 0.252. The predicted molar refractivity (Wildman–Crippen MR) is 185 cm³/mol. The fourth-order valence-electron chi connectivity index (χ4n) is 6.45. The Labute approximate surface area is 278 Å². The second-order valence-electron chi connectivity index (χ2n) is 13.1. The second-order valence-corrected chi connectivity index (χ2v) is 14.7. The molecule has 5 rings (SSSR count). The van der Waals surface area contributed by atoms with Crippen molar-refractivity contribution >= 4 is 26.7 Å². The average molecular weight is 659 g/mol. The molecule has 2 aliphatic rings. The molecular formula is C37H46N4O5S. The van der Waals surface area contributed by atoms with Gasteiger partial charge in [0.05, 0.1) is 29.2 Å². The van der Waals surface area contributed by atoms with Gasteiger partial charge in [0.25, 0.3) is 0 Å². The summed E-state index contributed by atoms with van der Waals surface area (Å²) >= 11 is 0. The van der Waals surface area contributed by atoms with Crippen molar-refractivity contribution in [3.05, 3.63) is 102 Å². The van der Waals surface area contributed by atoms with Crippen LogP contribution in [0.4, 0.5) is 0 Å². The molecule has 0 bridgehead atoms. The lowest BCUT2D eigenvalue weighted by Crippen LogP contribution is -2.58. The molecule has 0 aromatic heterocycles. The van der Waals surface area contributed by atoms with Crippen LogP contribution in [-0.4, -0.2) is 61.9 Å². The van der Waals surface area contributed by atoms with Crippen molar-refractivity contribution in [3.63, 3.8) is 0 Å². The summed E-state index contributed by atoms with van der Waals surface area (Å²) < 4.78 is 36.9. The Morgan fingerprint density at radius 3 is 2.09 bits per heavy atom. The lowest BCUT2D eigenvalue weighted by atomic mass is 9.76. The molecule has 1 spiro atoms. The molecule has 1 atom stereocenters. The molecule has 4 N–H and O–H groups in total. The molecule has 9 nitrogen and oxygen atoms in total. The number of sulfonamides is 1. The smallest absolute Gasteiger partial charge is 0.247 e. The van der Waals surface area contributed by atoms with E-state index in [1.807, 2.05) is 91.9 Å². The van der Waals surface area contributed by atoms with E-state index in [2.05, 4.69) is 10.0 Å². The first kappa shape index (κ1) is 34.5. The number of ether oxygens (including phenoxy) is 1. The summed E-state index contributed by atoms with van der Waals surface area (Å²) in [5.74, 6) is -0.845. The molecule has 2 amide bonds. The molecular weight excluding hydrogens is 612 g/mol. The summed E-state index contributed by atoms with van der Waals surface area (Å²) in [4.78, 5) is 29.1. The van der Waals surface area contributed by atoms with Gasteiger partial charge < -0.3 is 20.7 Å². The van der Waals surface area contributed by atoms with E-state index >= 15 is 0 Å². The van der Waals surface area contributed by atoms with Crippen LogP contribution < -0.4 is 15.8 Å². The Hall–Kier alpha value is -3.83. The first-order valence-corrected chi connectivity index (χ1v) is 17.9. The minimum Gasteiger partial charge on any atom is -0.374 e. The van der Waals surface area contributed by atoms with E-state index in [1.54, 1.807) is 18.7 Å². The molecule has 3 aromatic carbocycles. The van der Waals surface area contributed by atoms with Gasteiger partial charge in [-0.2, -0.15) is 0 Å². The Balaban J connectivity index is 1.48. The van der Waals surface area contributed by atoms with Crippen LogP contribution in [0.5, 0.6) is 0 Å². The molecule has 250 valence electrons. The Morgan fingerprint density at radius 1 is 0.915 bits per heavy atom. The van der Waals surface area contributed by atoms with Gasteiger partial charge >= 0.3 is 0 Å². The maximum Gasteiger partial charge on any atom is 0.247 e. The summed E-state index contributed by atoms with van der Waals surface area (Å²) in [6, 6.07) is 26.0. The largest absolute Gasteiger partial charge is 0.374 e. The van der Waals surface area contributed by atoms with Gasteiger partial charge in [-0.25, -0.2) is 13.1 Å². The van der Waals surface area contributed by atoms with E-state index < -0.39 is 33.1 Å². The van der Waals surface area contributed by atoms with Crippen molar-refractivity contribution in [2.24, 2.45) is 5.73 Å². The van der Waals surface area contributed by atoms with E-state index in [0.29, 0.717) is 30.5 Å². The number of carbonyl (C=O) groups is 2. The number of rotatable bonds is 12. The predicted octanol–water partition coefficient (Wildman–Crippen LogP) is 4.99. The van der Waals surface area contributed by atoms with Crippen LogP contribution in [-0.2, 0) is 31.0 Å². The number of hydrogen-bond acceptors (Lipinski definition) is 6. The summed E-state index contributed by atoms with van der Waals surface area (Å²) in [6.45, 7) is 5.60. The van der Waals surface area contributed by atoms with Crippen molar-refractivity contribution in [1.82, 2.24) is 14.9 Å². The SMILES string of the molecule is CCN(CC1=C(c2ccc(-c3ccccc3)cc2)S(=O)(=O)NC12CCCCC2)C(=O)[C@@H](COCc1ccccc1)NC(=O)C(C)(C)N. The van der Waals surface area contributed by atoms with Crippen molar-refractivity contribution in [1.29, 1.82) is 0 Å². The van der Waals surface area contributed by atoms with Gasteiger partial charge in [-0.15, -0.1) is 0 Å². The van der Waals surface area contributed by atoms with Gasteiger partial charge in [0.1, 0.15) is 6.04 Å². The number of carbonyl (C=O) groups excluding carboxylic acids is 2. The first-order chi connectivity index (χ1) is 22.4. The fourth-order valence-corrected chi connectivity index (χ4v) is 8.42. The third-order valence-corrected chi connectivity index (χ3v) is 10.7. The van der Waals surface area contributed by atoms with Gasteiger partial charge in [0, 0.05) is 13.1 Å². The monoisotopic (exact) mass is 658 g/mol. The molecule has 3 aromatic rings. The van der Waals surface area contributed by atoms with Crippen molar-refractivity contribution in [2.45, 2.75) is 76.6 Å². The highest BCUT2D eigenvalue weighted by molar-refractivity contribution is 7.99. The third-order valence-electron chi connectivity index (χ3n) is 9.04. The van der Waals surface area contributed by atoms with Crippen LogP contribution in [0.15, 0.2) is 90.5 Å². The third kappa shape index (κ3) is 8.01. The molecule has 0 saturated heterocycles. The van der Waals surface area contributed by atoms with Gasteiger partial charge in [0.15, 0.2) is 0 Å². The van der Waals surface area contributed by atoms with E-state index in [4.69, 9.17) is 10.5 Å². The second kappa shape index (κ2) is 14.5. The molecule has 1 fully saturated rings. The molecule has 10 heteroatoms. The van der Waals surface area contributed by atoms with Gasteiger partial charge in [-0.3, -0.25) is 9.59 Å². The van der Waals surface area contributed by atoms with E-state index in [1.165, 1.54) is 0 Å². The minimum absolute atomic E-state index is 0.0689. The summed E-state index contributed by atoms with van der Waals surface area (Å²) in [5, 5.41) is 2.80. The van der Waals surface area contributed by atoms with Crippen LogP contribution >= 0.6 is 0 Å². The number of nitrogens with two attached hydrogens (primary N) is 1.